The first-order chi connectivity index (χ1) is 13.6. The van der Waals surface area contributed by atoms with Crippen molar-refractivity contribution in [3.63, 3.8) is 0 Å². The molecule has 0 atom stereocenters. The Balaban J connectivity index is 1.90. The maximum Gasteiger partial charge on any atom is 0.164 e. The van der Waals surface area contributed by atoms with Crippen molar-refractivity contribution >= 4 is 21.9 Å². The van der Waals surface area contributed by atoms with E-state index in [2.05, 4.69) is 87.5 Å². The molecule has 136 valence electrons. The van der Waals surface area contributed by atoms with Crippen molar-refractivity contribution in [2.45, 2.75) is 20.8 Å². The van der Waals surface area contributed by atoms with E-state index in [1.807, 2.05) is 10.7 Å². The molecule has 5 aromatic rings. The number of pyridine rings is 1. The standard InChI is InChI=1S/C25H21N3/c1-16-8-12-19(13-9-16)24-23-18(3)21-6-4-5-7-22(21)26-25(23)28(27-24)20-14-10-17(2)11-15-20/h4-15H,1-3H3. The fourth-order valence-electron chi connectivity index (χ4n) is 3.77. The quantitative estimate of drug-likeness (QED) is 0.376. The van der Waals surface area contributed by atoms with Crippen LogP contribution in [0.3, 0.4) is 0 Å². The van der Waals surface area contributed by atoms with Crippen molar-refractivity contribution in [1.82, 2.24) is 14.8 Å². The molecule has 3 aromatic carbocycles. The number of rotatable bonds is 2. The van der Waals surface area contributed by atoms with Crippen molar-refractivity contribution in [3.8, 4) is 16.9 Å². The van der Waals surface area contributed by atoms with Gasteiger partial charge in [0.2, 0.25) is 0 Å². The van der Waals surface area contributed by atoms with Gasteiger partial charge >= 0.3 is 0 Å². The smallest absolute Gasteiger partial charge is 0.164 e. The topological polar surface area (TPSA) is 30.7 Å². The highest BCUT2D eigenvalue weighted by Crippen LogP contribution is 2.34. The third kappa shape index (κ3) is 2.59. The van der Waals surface area contributed by atoms with E-state index in [-0.39, 0.29) is 0 Å². The zero-order chi connectivity index (χ0) is 19.3. The molecular weight excluding hydrogens is 342 g/mol. The van der Waals surface area contributed by atoms with Gasteiger partial charge in [0.1, 0.15) is 5.69 Å². The van der Waals surface area contributed by atoms with Crippen LogP contribution in [0.1, 0.15) is 16.7 Å². The highest BCUT2D eigenvalue weighted by Gasteiger charge is 2.19. The summed E-state index contributed by atoms with van der Waals surface area (Å²) in [7, 11) is 0. The van der Waals surface area contributed by atoms with Gasteiger partial charge in [0.05, 0.1) is 16.6 Å². The zero-order valence-electron chi connectivity index (χ0n) is 16.3. The van der Waals surface area contributed by atoms with E-state index >= 15 is 0 Å². The van der Waals surface area contributed by atoms with Crippen LogP contribution in [0.2, 0.25) is 0 Å². The second-order valence-electron chi connectivity index (χ2n) is 7.41. The molecule has 0 unspecified atom stereocenters. The number of aryl methyl sites for hydroxylation is 3. The summed E-state index contributed by atoms with van der Waals surface area (Å²) in [5, 5.41) is 7.31. The molecule has 2 aromatic heterocycles. The van der Waals surface area contributed by atoms with Crippen molar-refractivity contribution in [2.24, 2.45) is 0 Å². The van der Waals surface area contributed by atoms with E-state index in [0.717, 1.165) is 33.5 Å². The molecule has 2 heterocycles. The Morgan fingerprint density at radius 3 is 2.07 bits per heavy atom. The summed E-state index contributed by atoms with van der Waals surface area (Å²) in [4.78, 5) is 5.00. The summed E-state index contributed by atoms with van der Waals surface area (Å²) in [6.45, 7) is 6.37. The van der Waals surface area contributed by atoms with Crippen LogP contribution in [-0.2, 0) is 0 Å². The molecular formula is C25H21N3. The molecule has 0 aliphatic carbocycles. The summed E-state index contributed by atoms with van der Waals surface area (Å²) in [5.41, 5.74) is 8.70. The van der Waals surface area contributed by atoms with Gasteiger partial charge in [-0.1, -0.05) is 65.7 Å². The Morgan fingerprint density at radius 2 is 1.36 bits per heavy atom. The lowest BCUT2D eigenvalue weighted by molar-refractivity contribution is 0.902. The van der Waals surface area contributed by atoms with E-state index in [1.165, 1.54) is 22.1 Å². The highest BCUT2D eigenvalue weighted by molar-refractivity contribution is 6.03. The fourth-order valence-corrected chi connectivity index (χ4v) is 3.77. The monoisotopic (exact) mass is 363 g/mol. The van der Waals surface area contributed by atoms with Gasteiger partial charge in [-0.05, 0) is 44.5 Å². The van der Waals surface area contributed by atoms with E-state index in [1.54, 1.807) is 0 Å². The van der Waals surface area contributed by atoms with Crippen LogP contribution in [0.4, 0.5) is 0 Å². The van der Waals surface area contributed by atoms with Gasteiger partial charge in [-0.2, -0.15) is 5.10 Å². The number of hydrogen-bond acceptors (Lipinski definition) is 2. The molecule has 0 saturated heterocycles. The Morgan fingerprint density at radius 1 is 0.714 bits per heavy atom. The first-order valence-corrected chi connectivity index (χ1v) is 9.54. The predicted octanol–water partition coefficient (Wildman–Crippen LogP) is 6.17. The van der Waals surface area contributed by atoms with Gasteiger partial charge in [0.15, 0.2) is 5.65 Å². The van der Waals surface area contributed by atoms with Crippen LogP contribution in [0, 0.1) is 20.8 Å². The molecule has 3 heteroatoms. The van der Waals surface area contributed by atoms with Gasteiger partial charge in [0, 0.05) is 10.9 Å². The zero-order valence-corrected chi connectivity index (χ0v) is 16.3. The Labute approximate surface area is 164 Å². The first-order valence-electron chi connectivity index (χ1n) is 9.54. The van der Waals surface area contributed by atoms with Crippen molar-refractivity contribution < 1.29 is 0 Å². The highest BCUT2D eigenvalue weighted by atomic mass is 15.3. The van der Waals surface area contributed by atoms with Crippen LogP contribution in [0.5, 0.6) is 0 Å². The van der Waals surface area contributed by atoms with E-state index < -0.39 is 0 Å². The predicted molar refractivity (Wildman–Crippen MR) is 116 cm³/mol. The van der Waals surface area contributed by atoms with Crippen LogP contribution >= 0.6 is 0 Å². The number of para-hydroxylation sites is 1. The fraction of sp³-hybridized carbons (Fsp3) is 0.120. The number of fused-ring (bicyclic) bond motifs is 2. The number of nitrogens with zero attached hydrogens (tertiary/aromatic N) is 3. The van der Waals surface area contributed by atoms with Crippen molar-refractivity contribution in [1.29, 1.82) is 0 Å². The summed E-state index contributed by atoms with van der Waals surface area (Å²) >= 11 is 0. The summed E-state index contributed by atoms with van der Waals surface area (Å²) in [5.74, 6) is 0. The third-order valence-corrected chi connectivity index (χ3v) is 5.37. The van der Waals surface area contributed by atoms with Crippen molar-refractivity contribution in [2.75, 3.05) is 0 Å². The molecule has 28 heavy (non-hydrogen) atoms. The lowest BCUT2D eigenvalue weighted by atomic mass is 10.0. The second kappa shape index (κ2) is 6.31. The molecule has 0 spiro atoms. The molecule has 0 amide bonds. The minimum absolute atomic E-state index is 0.899. The maximum atomic E-state index is 5.03. The molecule has 0 bridgehead atoms. The van der Waals surface area contributed by atoms with Crippen LogP contribution in [0.25, 0.3) is 38.9 Å². The molecule has 0 aliphatic heterocycles. The molecule has 0 fully saturated rings. The minimum Gasteiger partial charge on any atom is -0.228 e. The van der Waals surface area contributed by atoms with Gasteiger partial charge in [0.25, 0.3) is 0 Å². The molecule has 0 saturated carbocycles. The summed E-state index contributed by atoms with van der Waals surface area (Å²) in [6.07, 6.45) is 0. The molecule has 0 aliphatic rings. The summed E-state index contributed by atoms with van der Waals surface area (Å²) in [6, 6.07) is 25.3. The Hall–Kier alpha value is -3.46. The average molecular weight is 363 g/mol. The molecule has 0 N–H and O–H groups in total. The first kappa shape index (κ1) is 16.7. The Kier molecular flexibility index (Phi) is 3.76. The number of benzene rings is 3. The normalized spacial score (nSPS) is 11.4. The average Bonchev–Trinajstić information content (AvgIpc) is 3.09. The van der Waals surface area contributed by atoms with E-state index in [4.69, 9.17) is 10.1 Å². The van der Waals surface area contributed by atoms with Crippen LogP contribution in [0.15, 0.2) is 72.8 Å². The van der Waals surface area contributed by atoms with Gasteiger partial charge < -0.3 is 0 Å². The van der Waals surface area contributed by atoms with E-state index in [0.29, 0.717) is 0 Å². The van der Waals surface area contributed by atoms with Crippen LogP contribution < -0.4 is 0 Å². The van der Waals surface area contributed by atoms with Gasteiger partial charge in [-0.15, -0.1) is 0 Å². The largest absolute Gasteiger partial charge is 0.228 e. The minimum atomic E-state index is 0.899. The maximum absolute atomic E-state index is 5.03. The number of hydrogen-bond donors (Lipinski definition) is 0. The van der Waals surface area contributed by atoms with Gasteiger partial charge in [-0.3, -0.25) is 0 Å². The molecule has 3 nitrogen and oxygen atoms in total. The Bertz CT molecular complexity index is 1310. The van der Waals surface area contributed by atoms with Crippen LogP contribution in [-0.4, -0.2) is 14.8 Å². The second-order valence-corrected chi connectivity index (χ2v) is 7.41. The molecule has 0 radical (unpaired) electrons. The third-order valence-electron chi connectivity index (χ3n) is 5.37. The number of aromatic nitrogens is 3. The lowest BCUT2D eigenvalue weighted by Gasteiger charge is -2.07. The SMILES string of the molecule is Cc1ccc(-c2nn(-c3ccc(C)cc3)c3nc4ccccc4c(C)c23)cc1. The van der Waals surface area contributed by atoms with E-state index in [9.17, 15) is 0 Å². The lowest BCUT2D eigenvalue weighted by Crippen LogP contribution is -1.98. The van der Waals surface area contributed by atoms with Crippen molar-refractivity contribution in [3.05, 3.63) is 89.5 Å². The molecule has 5 rings (SSSR count). The van der Waals surface area contributed by atoms with Gasteiger partial charge in [-0.25, -0.2) is 9.67 Å². The summed E-state index contributed by atoms with van der Waals surface area (Å²) < 4.78 is 1.98.